The molecule has 1 aromatic heterocycles. The predicted molar refractivity (Wildman–Crippen MR) is 90.6 cm³/mol. The molecule has 7 heteroatoms. The summed E-state index contributed by atoms with van der Waals surface area (Å²) in [5.74, 6) is -0.768. The molecule has 1 aliphatic heterocycles. The van der Waals surface area contributed by atoms with Crippen LogP contribution in [0.25, 0.3) is 0 Å². The zero-order valence-electron chi connectivity index (χ0n) is 14.2. The molecule has 0 spiro atoms. The van der Waals surface area contributed by atoms with Crippen LogP contribution in [0, 0.1) is 11.6 Å². The zero-order chi connectivity index (χ0) is 18.4. The molecule has 0 aliphatic carbocycles. The normalized spacial score (nSPS) is 16.5. The molecule has 1 amide bonds. The molecule has 138 valence electrons. The van der Waals surface area contributed by atoms with E-state index in [0.717, 1.165) is 30.2 Å². The fraction of sp³-hybridized carbons (Fsp3) is 0.368. The van der Waals surface area contributed by atoms with Crippen molar-refractivity contribution in [2.24, 2.45) is 0 Å². The van der Waals surface area contributed by atoms with Gasteiger partial charge >= 0.3 is 0 Å². The van der Waals surface area contributed by atoms with Crippen LogP contribution in [0.2, 0.25) is 0 Å². The van der Waals surface area contributed by atoms with Crippen molar-refractivity contribution >= 4 is 5.91 Å². The highest BCUT2D eigenvalue weighted by molar-refractivity contribution is 5.76. The van der Waals surface area contributed by atoms with Crippen LogP contribution in [0.3, 0.4) is 0 Å². The molecule has 1 fully saturated rings. The van der Waals surface area contributed by atoms with E-state index < -0.39 is 11.6 Å². The Hall–Kier alpha value is -2.54. The first-order valence-corrected chi connectivity index (χ1v) is 8.50. The number of hydrogen-bond donors (Lipinski definition) is 1. The maximum absolute atomic E-state index is 13.6. The lowest BCUT2D eigenvalue weighted by Gasteiger charge is -2.12. The van der Waals surface area contributed by atoms with Crippen molar-refractivity contribution in [3.63, 3.8) is 0 Å². The van der Waals surface area contributed by atoms with Gasteiger partial charge in [-0.05, 0) is 41.8 Å². The SMILES string of the molecule is O=C(CCc1cc(F)ccc1F)NCc1ccnc(OC2CCOC2)c1. The van der Waals surface area contributed by atoms with Crippen molar-refractivity contribution in [2.45, 2.75) is 31.9 Å². The summed E-state index contributed by atoms with van der Waals surface area (Å²) in [6, 6.07) is 6.79. The number of nitrogens with zero attached hydrogens (tertiary/aromatic N) is 1. The topological polar surface area (TPSA) is 60.5 Å². The molecular weight excluding hydrogens is 342 g/mol. The first-order valence-electron chi connectivity index (χ1n) is 8.50. The molecule has 0 saturated carbocycles. The fourth-order valence-electron chi connectivity index (χ4n) is 2.67. The van der Waals surface area contributed by atoms with E-state index in [1.54, 1.807) is 18.3 Å². The Kier molecular flexibility index (Phi) is 6.12. The van der Waals surface area contributed by atoms with Gasteiger partial charge in [0.05, 0.1) is 13.2 Å². The Bertz CT molecular complexity index is 764. The number of halogens is 2. The van der Waals surface area contributed by atoms with Crippen LogP contribution >= 0.6 is 0 Å². The predicted octanol–water partition coefficient (Wildman–Crippen LogP) is 2.78. The summed E-state index contributed by atoms with van der Waals surface area (Å²) >= 11 is 0. The minimum atomic E-state index is -0.515. The molecule has 26 heavy (non-hydrogen) atoms. The van der Waals surface area contributed by atoms with E-state index in [0.29, 0.717) is 25.6 Å². The number of amides is 1. The standard InChI is InChI=1S/C19H20F2N2O3/c20-15-2-3-17(21)14(10-15)1-4-18(24)23-11-13-5-7-22-19(9-13)26-16-6-8-25-12-16/h2-3,5,7,9-10,16H,1,4,6,8,11-12H2,(H,23,24). The van der Waals surface area contributed by atoms with E-state index in [9.17, 15) is 13.6 Å². The third kappa shape index (κ3) is 5.23. The number of aryl methyl sites for hydroxylation is 1. The van der Waals surface area contributed by atoms with Crippen molar-refractivity contribution < 1.29 is 23.0 Å². The van der Waals surface area contributed by atoms with Crippen molar-refractivity contribution in [2.75, 3.05) is 13.2 Å². The van der Waals surface area contributed by atoms with Crippen molar-refractivity contribution in [3.8, 4) is 5.88 Å². The Balaban J connectivity index is 1.47. The molecule has 1 N–H and O–H groups in total. The lowest BCUT2D eigenvalue weighted by atomic mass is 10.1. The quantitative estimate of drug-likeness (QED) is 0.823. The second kappa shape index (κ2) is 8.71. The van der Waals surface area contributed by atoms with E-state index >= 15 is 0 Å². The summed E-state index contributed by atoms with van der Waals surface area (Å²) in [6.07, 6.45) is 2.68. The Morgan fingerprint density at radius 3 is 3.00 bits per heavy atom. The monoisotopic (exact) mass is 362 g/mol. The van der Waals surface area contributed by atoms with Gasteiger partial charge in [-0.2, -0.15) is 0 Å². The fourth-order valence-corrected chi connectivity index (χ4v) is 2.67. The van der Waals surface area contributed by atoms with E-state index in [1.165, 1.54) is 0 Å². The summed E-state index contributed by atoms with van der Waals surface area (Å²) in [5.41, 5.74) is 1.04. The van der Waals surface area contributed by atoms with Gasteiger partial charge < -0.3 is 14.8 Å². The van der Waals surface area contributed by atoms with E-state index in [4.69, 9.17) is 9.47 Å². The number of ether oxygens (including phenoxy) is 2. The molecule has 1 aromatic carbocycles. The van der Waals surface area contributed by atoms with Crippen molar-refractivity contribution in [1.82, 2.24) is 10.3 Å². The molecule has 1 unspecified atom stereocenters. The number of aromatic nitrogens is 1. The molecule has 2 heterocycles. The van der Waals surface area contributed by atoms with Gasteiger partial charge in [-0.1, -0.05) is 0 Å². The second-order valence-electron chi connectivity index (χ2n) is 6.12. The number of benzene rings is 1. The molecule has 0 bridgehead atoms. The zero-order valence-corrected chi connectivity index (χ0v) is 14.2. The maximum atomic E-state index is 13.6. The Labute approximate surface area is 150 Å². The van der Waals surface area contributed by atoms with Gasteiger partial charge in [-0.15, -0.1) is 0 Å². The number of hydrogen-bond acceptors (Lipinski definition) is 4. The summed E-state index contributed by atoms with van der Waals surface area (Å²) < 4.78 is 37.7. The largest absolute Gasteiger partial charge is 0.472 e. The van der Waals surface area contributed by atoms with Crippen LogP contribution in [0.15, 0.2) is 36.5 Å². The Morgan fingerprint density at radius 2 is 2.19 bits per heavy atom. The first-order chi connectivity index (χ1) is 12.6. The number of nitrogens with one attached hydrogen (secondary N) is 1. The third-order valence-electron chi connectivity index (χ3n) is 4.09. The highest BCUT2D eigenvalue weighted by Crippen LogP contribution is 2.16. The maximum Gasteiger partial charge on any atom is 0.220 e. The van der Waals surface area contributed by atoms with Crippen LogP contribution in [0.1, 0.15) is 24.0 Å². The number of rotatable bonds is 7. The summed E-state index contributed by atoms with van der Waals surface area (Å²) in [4.78, 5) is 16.1. The summed E-state index contributed by atoms with van der Waals surface area (Å²) in [5, 5.41) is 2.76. The highest BCUT2D eigenvalue weighted by Gasteiger charge is 2.17. The van der Waals surface area contributed by atoms with Crippen LogP contribution in [-0.2, 0) is 22.5 Å². The van der Waals surface area contributed by atoms with E-state index in [2.05, 4.69) is 10.3 Å². The summed E-state index contributed by atoms with van der Waals surface area (Å²) in [6.45, 7) is 1.55. The number of carbonyl (C=O) groups excluding carboxylic acids is 1. The Morgan fingerprint density at radius 1 is 1.31 bits per heavy atom. The second-order valence-corrected chi connectivity index (χ2v) is 6.12. The number of pyridine rings is 1. The molecular formula is C19H20F2N2O3. The van der Waals surface area contributed by atoms with Crippen molar-refractivity contribution in [3.05, 3.63) is 59.3 Å². The molecule has 3 rings (SSSR count). The third-order valence-corrected chi connectivity index (χ3v) is 4.09. The van der Waals surface area contributed by atoms with E-state index in [-0.39, 0.29) is 30.4 Å². The summed E-state index contributed by atoms with van der Waals surface area (Å²) in [7, 11) is 0. The highest BCUT2D eigenvalue weighted by atomic mass is 19.1. The van der Waals surface area contributed by atoms with Crippen LogP contribution in [0.5, 0.6) is 5.88 Å². The number of carbonyl (C=O) groups is 1. The minimum absolute atomic E-state index is 0.00788. The average molecular weight is 362 g/mol. The molecule has 1 saturated heterocycles. The lowest BCUT2D eigenvalue weighted by Crippen LogP contribution is -2.23. The molecule has 2 aromatic rings. The molecule has 1 aliphatic rings. The van der Waals surface area contributed by atoms with E-state index in [1.807, 2.05) is 0 Å². The van der Waals surface area contributed by atoms with Gasteiger partial charge in [-0.25, -0.2) is 13.8 Å². The smallest absolute Gasteiger partial charge is 0.220 e. The van der Waals surface area contributed by atoms with Crippen LogP contribution in [0.4, 0.5) is 8.78 Å². The van der Waals surface area contributed by atoms with Crippen molar-refractivity contribution in [1.29, 1.82) is 0 Å². The average Bonchev–Trinajstić information content (AvgIpc) is 3.14. The lowest BCUT2D eigenvalue weighted by molar-refractivity contribution is -0.121. The molecule has 1 atom stereocenters. The minimum Gasteiger partial charge on any atom is -0.472 e. The molecule has 0 radical (unpaired) electrons. The van der Waals surface area contributed by atoms with Crippen LogP contribution in [-0.4, -0.2) is 30.2 Å². The van der Waals surface area contributed by atoms with Crippen LogP contribution < -0.4 is 10.1 Å². The van der Waals surface area contributed by atoms with Gasteiger partial charge in [-0.3, -0.25) is 4.79 Å². The van der Waals surface area contributed by atoms with Gasteiger partial charge in [0.2, 0.25) is 11.8 Å². The first kappa shape index (κ1) is 18.3. The van der Waals surface area contributed by atoms with Gasteiger partial charge in [0, 0.05) is 31.6 Å². The van der Waals surface area contributed by atoms with Gasteiger partial charge in [0.15, 0.2) is 0 Å². The van der Waals surface area contributed by atoms with Gasteiger partial charge in [0.1, 0.15) is 17.7 Å². The molecule has 5 nitrogen and oxygen atoms in total. The van der Waals surface area contributed by atoms with Gasteiger partial charge in [0.25, 0.3) is 0 Å².